The lowest BCUT2D eigenvalue weighted by Crippen LogP contribution is -2.48. The van der Waals surface area contributed by atoms with Crippen molar-refractivity contribution < 1.29 is 9.90 Å². The summed E-state index contributed by atoms with van der Waals surface area (Å²) in [5.41, 5.74) is 1.06. The van der Waals surface area contributed by atoms with Crippen molar-refractivity contribution in [3.05, 3.63) is 52.5 Å². The normalized spacial score (nSPS) is 24.9. The molecule has 3 heterocycles. The van der Waals surface area contributed by atoms with E-state index >= 15 is 0 Å². The van der Waals surface area contributed by atoms with Crippen LogP contribution in [0.2, 0.25) is 0 Å². The lowest BCUT2D eigenvalue weighted by atomic mass is 9.75. The number of nitrogens with zero attached hydrogens (tertiary/aromatic N) is 2. The van der Waals surface area contributed by atoms with Gasteiger partial charge in [0.25, 0.3) is 5.91 Å². The summed E-state index contributed by atoms with van der Waals surface area (Å²) in [5.74, 6) is 0.590. The second-order valence-corrected chi connectivity index (χ2v) is 8.28. The molecule has 2 aromatic heterocycles. The van der Waals surface area contributed by atoms with Gasteiger partial charge in [0.05, 0.1) is 22.7 Å². The van der Waals surface area contributed by atoms with E-state index in [4.69, 9.17) is 0 Å². The van der Waals surface area contributed by atoms with Crippen LogP contribution >= 0.6 is 11.3 Å². The number of likely N-dealkylation sites (tertiary alicyclic amines) is 1. The molecule has 2 N–H and O–H groups in total. The lowest BCUT2D eigenvalue weighted by Gasteiger charge is -2.41. The van der Waals surface area contributed by atoms with Gasteiger partial charge in [0.1, 0.15) is 0 Å². The standard InChI is InChI=1S/C20H25N3O2S/c24-16-12-14(13-16)19(17-4-1-2-8-21-17)22-15-6-9-23(10-7-15)20(25)18-5-3-11-26-18/h1-5,8,11,14-16,19,22,24H,6-7,9-10,12-13H2/t14?,16?,19-/m1/s1. The van der Waals surface area contributed by atoms with Crippen molar-refractivity contribution in [2.24, 2.45) is 5.92 Å². The number of piperidine rings is 1. The third kappa shape index (κ3) is 3.82. The molecule has 1 atom stereocenters. The second-order valence-electron chi connectivity index (χ2n) is 7.33. The smallest absolute Gasteiger partial charge is 0.263 e. The molecule has 2 aromatic rings. The summed E-state index contributed by atoms with van der Waals surface area (Å²) in [6.07, 6.45) is 5.25. The maximum atomic E-state index is 12.5. The molecule has 6 heteroatoms. The summed E-state index contributed by atoms with van der Waals surface area (Å²) in [7, 11) is 0. The van der Waals surface area contributed by atoms with Crippen molar-refractivity contribution >= 4 is 17.2 Å². The average Bonchev–Trinajstić information content (AvgIpc) is 3.19. The van der Waals surface area contributed by atoms with Crippen molar-refractivity contribution in [2.75, 3.05) is 13.1 Å². The van der Waals surface area contributed by atoms with Crippen LogP contribution in [-0.4, -0.2) is 46.1 Å². The van der Waals surface area contributed by atoms with Crippen molar-refractivity contribution in [3.63, 3.8) is 0 Å². The molecule has 1 amide bonds. The molecule has 5 nitrogen and oxygen atoms in total. The maximum Gasteiger partial charge on any atom is 0.263 e. The van der Waals surface area contributed by atoms with Gasteiger partial charge in [-0.1, -0.05) is 12.1 Å². The van der Waals surface area contributed by atoms with Gasteiger partial charge in [0.15, 0.2) is 0 Å². The quantitative estimate of drug-likeness (QED) is 0.848. The van der Waals surface area contributed by atoms with E-state index < -0.39 is 0 Å². The number of amides is 1. The number of rotatable bonds is 5. The minimum Gasteiger partial charge on any atom is -0.393 e. The molecule has 0 unspecified atom stereocenters. The molecule has 2 fully saturated rings. The Labute approximate surface area is 158 Å². The number of pyridine rings is 1. The van der Waals surface area contributed by atoms with Crippen LogP contribution in [0.5, 0.6) is 0 Å². The summed E-state index contributed by atoms with van der Waals surface area (Å²) in [6.45, 7) is 1.58. The van der Waals surface area contributed by atoms with Crippen molar-refractivity contribution in [2.45, 2.75) is 43.9 Å². The number of hydrogen-bond donors (Lipinski definition) is 2. The molecular weight excluding hydrogens is 346 g/mol. The van der Waals surface area contributed by atoms with Gasteiger partial charge in [-0.25, -0.2) is 0 Å². The molecule has 2 aliphatic rings. The molecule has 0 spiro atoms. The second kappa shape index (κ2) is 7.86. The van der Waals surface area contributed by atoms with E-state index in [9.17, 15) is 9.90 Å². The SMILES string of the molecule is O=C(c1cccs1)N1CCC(N[C@@H](c2ccccn2)C2CC(O)C2)CC1. The van der Waals surface area contributed by atoms with Gasteiger partial charge in [-0.15, -0.1) is 11.3 Å². The minimum atomic E-state index is -0.168. The van der Waals surface area contributed by atoms with Gasteiger partial charge in [-0.2, -0.15) is 0 Å². The fourth-order valence-corrected chi connectivity index (χ4v) is 4.68. The van der Waals surface area contributed by atoms with Gasteiger partial charge < -0.3 is 15.3 Å². The van der Waals surface area contributed by atoms with Crippen LogP contribution in [0.3, 0.4) is 0 Å². The Bertz CT molecular complexity index is 708. The van der Waals surface area contributed by atoms with Gasteiger partial charge in [0, 0.05) is 25.3 Å². The van der Waals surface area contributed by atoms with Crippen LogP contribution < -0.4 is 5.32 Å². The van der Waals surface area contributed by atoms with Crippen LogP contribution in [0.1, 0.15) is 47.1 Å². The van der Waals surface area contributed by atoms with Crippen molar-refractivity contribution in [3.8, 4) is 0 Å². The van der Waals surface area contributed by atoms with Crippen LogP contribution in [0.4, 0.5) is 0 Å². The Morgan fingerprint density at radius 3 is 2.65 bits per heavy atom. The van der Waals surface area contributed by atoms with Gasteiger partial charge in [-0.05, 0) is 55.2 Å². The van der Waals surface area contributed by atoms with E-state index in [2.05, 4.69) is 16.4 Å². The summed E-state index contributed by atoms with van der Waals surface area (Å²) in [4.78, 5) is 19.8. The fourth-order valence-electron chi connectivity index (χ4n) is 3.98. The number of hydrogen-bond acceptors (Lipinski definition) is 5. The summed E-state index contributed by atoms with van der Waals surface area (Å²) in [5, 5.41) is 15.4. The van der Waals surface area contributed by atoms with Crippen LogP contribution in [-0.2, 0) is 0 Å². The Kier molecular flexibility index (Phi) is 5.33. The molecule has 1 aliphatic heterocycles. The highest BCUT2D eigenvalue weighted by Gasteiger charge is 2.37. The van der Waals surface area contributed by atoms with Gasteiger partial charge in [0.2, 0.25) is 0 Å². The minimum absolute atomic E-state index is 0.154. The highest BCUT2D eigenvalue weighted by molar-refractivity contribution is 7.12. The summed E-state index contributed by atoms with van der Waals surface area (Å²) < 4.78 is 0. The lowest BCUT2D eigenvalue weighted by molar-refractivity contribution is 0.0188. The number of aromatic nitrogens is 1. The molecule has 1 aliphatic carbocycles. The zero-order chi connectivity index (χ0) is 17.9. The Hall–Kier alpha value is -1.76. The number of aliphatic hydroxyl groups excluding tert-OH is 1. The molecule has 138 valence electrons. The first-order chi connectivity index (χ1) is 12.7. The van der Waals surface area contributed by atoms with Crippen molar-refractivity contribution in [1.29, 1.82) is 0 Å². The Morgan fingerprint density at radius 1 is 1.23 bits per heavy atom. The van der Waals surface area contributed by atoms with E-state index in [1.807, 2.05) is 40.7 Å². The zero-order valence-electron chi connectivity index (χ0n) is 14.8. The zero-order valence-corrected chi connectivity index (χ0v) is 15.6. The molecule has 0 radical (unpaired) electrons. The predicted molar refractivity (Wildman–Crippen MR) is 102 cm³/mol. The average molecular weight is 372 g/mol. The summed E-state index contributed by atoms with van der Waals surface area (Å²) >= 11 is 1.51. The molecule has 4 rings (SSSR count). The van der Waals surface area contributed by atoms with E-state index in [1.54, 1.807) is 0 Å². The van der Waals surface area contributed by atoms with Gasteiger partial charge in [-0.3, -0.25) is 9.78 Å². The number of carbonyl (C=O) groups excluding carboxylic acids is 1. The first-order valence-corrected chi connectivity index (χ1v) is 10.3. The highest BCUT2D eigenvalue weighted by atomic mass is 32.1. The number of carbonyl (C=O) groups is 1. The first-order valence-electron chi connectivity index (χ1n) is 9.38. The molecule has 0 bridgehead atoms. The number of nitrogens with one attached hydrogen (secondary N) is 1. The van der Waals surface area contributed by atoms with E-state index in [0.29, 0.717) is 12.0 Å². The maximum absolute atomic E-state index is 12.5. The number of aliphatic hydroxyl groups is 1. The van der Waals surface area contributed by atoms with E-state index in [0.717, 1.165) is 49.3 Å². The van der Waals surface area contributed by atoms with E-state index in [1.165, 1.54) is 11.3 Å². The predicted octanol–water partition coefficient (Wildman–Crippen LogP) is 2.85. The molecule has 26 heavy (non-hydrogen) atoms. The fraction of sp³-hybridized carbons (Fsp3) is 0.500. The van der Waals surface area contributed by atoms with Crippen LogP contribution in [0, 0.1) is 5.92 Å². The van der Waals surface area contributed by atoms with Crippen molar-refractivity contribution in [1.82, 2.24) is 15.2 Å². The Balaban J connectivity index is 1.36. The molecule has 1 saturated carbocycles. The number of thiophene rings is 1. The summed E-state index contributed by atoms with van der Waals surface area (Å²) in [6, 6.07) is 10.4. The van der Waals surface area contributed by atoms with Gasteiger partial charge >= 0.3 is 0 Å². The molecule has 0 aromatic carbocycles. The van der Waals surface area contributed by atoms with Crippen LogP contribution in [0.25, 0.3) is 0 Å². The monoisotopic (exact) mass is 371 g/mol. The van der Waals surface area contributed by atoms with E-state index in [-0.39, 0.29) is 18.1 Å². The molecule has 1 saturated heterocycles. The highest BCUT2D eigenvalue weighted by Crippen LogP contribution is 2.38. The first kappa shape index (κ1) is 17.6. The Morgan fingerprint density at radius 2 is 2.04 bits per heavy atom. The van der Waals surface area contributed by atoms with Crippen LogP contribution in [0.15, 0.2) is 41.9 Å². The third-order valence-electron chi connectivity index (χ3n) is 5.56. The third-order valence-corrected chi connectivity index (χ3v) is 6.41. The topological polar surface area (TPSA) is 65.5 Å². The molecular formula is C20H25N3O2S. The largest absolute Gasteiger partial charge is 0.393 e.